The van der Waals surface area contributed by atoms with Gasteiger partial charge < -0.3 is 5.32 Å². The van der Waals surface area contributed by atoms with Crippen molar-refractivity contribution in [1.29, 1.82) is 0 Å². The van der Waals surface area contributed by atoms with E-state index in [0.29, 0.717) is 0 Å². The van der Waals surface area contributed by atoms with Gasteiger partial charge in [0.1, 0.15) is 0 Å². The molecule has 0 heterocycles. The minimum absolute atomic E-state index is 0.960. The summed E-state index contributed by atoms with van der Waals surface area (Å²) in [5.74, 6) is 0. The fourth-order valence-electron chi connectivity index (χ4n) is 2.12. The number of hydrogen-bond acceptors (Lipinski definition) is 1. The molecule has 0 fully saturated rings. The summed E-state index contributed by atoms with van der Waals surface area (Å²) in [5.41, 5.74) is 4.09. The van der Waals surface area contributed by atoms with Crippen LogP contribution in [0, 0.1) is 0 Å². The lowest BCUT2D eigenvalue weighted by atomic mass is 10.0. The molecular formula is C16H21N. The summed E-state index contributed by atoms with van der Waals surface area (Å²) in [5, 5.41) is 3.37. The highest BCUT2D eigenvalue weighted by molar-refractivity contribution is 5.74. The first-order valence-electron chi connectivity index (χ1n) is 6.57. The zero-order valence-corrected chi connectivity index (χ0v) is 10.6. The first-order valence-corrected chi connectivity index (χ1v) is 6.57. The first-order chi connectivity index (χ1) is 8.40. The summed E-state index contributed by atoms with van der Waals surface area (Å²) in [4.78, 5) is 0. The molecule has 0 unspecified atom stereocenters. The van der Waals surface area contributed by atoms with Gasteiger partial charge in [-0.3, -0.25) is 0 Å². The maximum absolute atomic E-state index is 3.37. The van der Waals surface area contributed by atoms with E-state index >= 15 is 0 Å². The van der Waals surface area contributed by atoms with E-state index in [1.807, 2.05) is 0 Å². The Morgan fingerprint density at radius 3 is 3.06 bits per heavy atom. The van der Waals surface area contributed by atoms with Crippen molar-refractivity contribution in [3.63, 3.8) is 0 Å². The summed E-state index contributed by atoms with van der Waals surface area (Å²) < 4.78 is 0. The highest BCUT2D eigenvalue weighted by atomic mass is 14.8. The van der Waals surface area contributed by atoms with Gasteiger partial charge in [0.25, 0.3) is 0 Å². The van der Waals surface area contributed by atoms with E-state index in [0.717, 1.165) is 13.1 Å². The average Bonchev–Trinajstić information content (AvgIpc) is 2.65. The molecule has 1 heteroatoms. The van der Waals surface area contributed by atoms with Gasteiger partial charge in [-0.15, -0.1) is 0 Å². The topological polar surface area (TPSA) is 12.0 Å². The van der Waals surface area contributed by atoms with Gasteiger partial charge in [-0.25, -0.2) is 0 Å². The molecule has 17 heavy (non-hydrogen) atoms. The molecule has 1 aromatic rings. The predicted octanol–water partition coefficient (Wildman–Crippen LogP) is 3.92. The van der Waals surface area contributed by atoms with Gasteiger partial charge in [-0.1, -0.05) is 43.4 Å². The fourth-order valence-corrected chi connectivity index (χ4v) is 2.12. The molecule has 0 saturated heterocycles. The van der Waals surface area contributed by atoms with Crippen LogP contribution in [0.5, 0.6) is 0 Å². The largest absolute Gasteiger partial charge is 0.313 e. The van der Waals surface area contributed by atoms with Crippen molar-refractivity contribution < 1.29 is 0 Å². The normalized spacial score (nSPS) is 15.5. The van der Waals surface area contributed by atoms with Gasteiger partial charge in [0.05, 0.1) is 0 Å². The first kappa shape index (κ1) is 12.1. The standard InChI is InChI=1S/C16H21N/c1-2-17-13-14-8-7-11-16(12-14)15-9-5-3-4-6-10-15/h5,7-12,17H,2-4,6,13H2,1H3. The smallest absolute Gasteiger partial charge is 0.0205 e. The Bertz CT molecular complexity index is 415. The molecule has 1 nitrogen and oxygen atoms in total. The van der Waals surface area contributed by atoms with E-state index in [1.54, 1.807) is 0 Å². The second kappa shape index (κ2) is 6.41. The Morgan fingerprint density at radius 2 is 2.18 bits per heavy atom. The van der Waals surface area contributed by atoms with Gasteiger partial charge in [0, 0.05) is 6.54 Å². The van der Waals surface area contributed by atoms with Gasteiger partial charge >= 0.3 is 0 Å². The summed E-state index contributed by atoms with van der Waals surface area (Å²) in [6.07, 6.45) is 10.6. The highest BCUT2D eigenvalue weighted by Gasteiger charge is 2.01. The zero-order valence-electron chi connectivity index (χ0n) is 10.6. The Hall–Kier alpha value is -1.34. The molecule has 0 radical (unpaired) electrons. The Morgan fingerprint density at radius 1 is 1.24 bits per heavy atom. The minimum atomic E-state index is 0.960. The van der Waals surface area contributed by atoms with Gasteiger partial charge in [-0.2, -0.15) is 0 Å². The van der Waals surface area contributed by atoms with Crippen LogP contribution in [-0.2, 0) is 6.54 Å². The fraction of sp³-hybridized carbons (Fsp3) is 0.375. The average molecular weight is 227 g/mol. The number of allylic oxidation sites excluding steroid dienone is 4. The SMILES string of the molecule is CCNCc1cccc(C2=CCCCC=C2)c1. The minimum Gasteiger partial charge on any atom is -0.313 e. The molecule has 1 N–H and O–H groups in total. The zero-order chi connectivity index (χ0) is 11.9. The van der Waals surface area contributed by atoms with Crippen LogP contribution in [0.3, 0.4) is 0 Å². The van der Waals surface area contributed by atoms with Crippen molar-refractivity contribution in [3.05, 3.63) is 53.6 Å². The summed E-state index contributed by atoms with van der Waals surface area (Å²) in [7, 11) is 0. The molecule has 0 bridgehead atoms. The van der Waals surface area contributed by atoms with Crippen molar-refractivity contribution in [3.8, 4) is 0 Å². The molecule has 0 spiro atoms. The van der Waals surface area contributed by atoms with E-state index < -0.39 is 0 Å². The van der Waals surface area contributed by atoms with Gasteiger partial charge in [0.2, 0.25) is 0 Å². The Labute approximate surface area is 104 Å². The summed E-state index contributed by atoms with van der Waals surface area (Å²) in [6, 6.07) is 8.84. The summed E-state index contributed by atoms with van der Waals surface area (Å²) >= 11 is 0. The van der Waals surface area contributed by atoms with E-state index in [1.165, 1.54) is 36.0 Å². The van der Waals surface area contributed by atoms with Crippen molar-refractivity contribution >= 4 is 5.57 Å². The number of hydrogen-bond donors (Lipinski definition) is 1. The maximum atomic E-state index is 3.37. The molecule has 1 aliphatic carbocycles. The van der Waals surface area contributed by atoms with Crippen molar-refractivity contribution in [2.45, 2.75) is 32.7 Å². The third-order valence-corrected chi connectivity index (χ3v) is 3.08. The van der Waals surface area contributed by atoms with Gasteiger partial charge in [-0.05, 0) is 48.6 Å². The third kappa shape index (κ3) is 3.57. The quantitative estimate of drug-likeness (QED) is 0.822. The van der Waals surface area contributed by atoms with Crippen molar-refractivity contribution in [2.75, 3.05) is 6.54 Å². The van der Waals surface area contributed by atoms with Crippen LogP contribution < -0.4 is 5.32 Å². The van der Waals surface area contributed by atoms with Gasteiger partial charge in [0.15, 0.2) is 0 Å². The van der Waals surface area contributed by atoms with E-state index in [-0.39, 0.29) is 0 Å². The lowest BCUT2D eigenvalue weighted by Gasteiger charge is -2.06. The molecule has 0 amide bonds. The van der Waals surface area contributed by atoms with E-state index in [4.69, 9.17) is 0 Å². The van der Waals surface area contributed by atoms with Crippen LogP contribution in [0.1, 0.15) is 37.3 Å². The molecular weight excluding hydrogens is 206 g/mol. The molecule has 0 aromatic heterocycles. The Kier molecular flexibility index (Phi) is 4.57. The van der Waals surface area contributed by atoms with E-state index in [9.17, 15) is 0 Å². The monoisotopic (exact) mass is 227 g/mol. The second-order valence-electron chi connectivity index (χ2n) is 4.47. The molecule has 1 aromatic carbocycles. The molecule has 90 valence electrons. The molecule has 0 saturated carbocycles. The number of rotatable bonds is 4. The number of benzene rings is 1. The predicted molar refractivity (Wildman–Crippen MR) is 74.8 cm³/mol. The lowest BCUT2D eigenvalue weighted by Crippen LogP contribution is -2.11. The third-order valence-electron chi connectivity index (χ3n) is 3.08. The second-order valence-corrected chi connectivity index (χ2v) is 4.47. The van der Waals surface area contributed by atoms with Crippen LogP contribution >= 0.6 is 0 Å². The van der Waals surface area contributed by atoms with Crippen LogP contribution in [0.25, 0.3) is 5.57 Å². The maximum Gasteiger partial charge on any atom is 0.0205 e. The summed E-state index contributed by atoms with van der Waals surface area (Å²) in [6.45, 7) is 4.12. The van der Waals surface area contributed by atoms with Crippen molar-refractivity contribution in [1.82, 2.24) is 5.32 Å². The highest BCUT2D eigenvalue weighted by Crippen LogP contribution is 2.21. The van der Waals surface area contributed by atoms with Crippen LogP contribution in [0.4, 0.5) is 0 Å². The molecule has 0 atom stereocenters. The van der Waals surface area contributed by atoms with Crippen molar-refractivity contribution in [2.24, 2.45) is 0 Å². The molecule has 2 rings (SSSR count). The van der Waals surface area contributed by atoms with Crippen LogP contribution in [-0.4, -0.2) is 6.54 Å². The number of nitrogens with one attached hydrogen (secondary N) is 1. The Balaban J connectivity index is 2.17. The molecule has 0 aliphatic heterocycles. The van der Waals surface area contributed by atoms with E-state index in [2.05, 4.69) is 54.7 Å². The van der Waals surface area contributed by atoms with Crippen LogP contribution in [0.15, 0.2) is 42.5 Å². The van der Waals surface area contributed by atoms with Crippen LogP contribution in [0.2, 0.25) is 0 Å². The molecule has 1 aliphatic rings. The lowest BCUT2D eigenvalue weighted by molar-refractivity contribution is 0.727.